The number of ether oxygens (including phenoxy) is 2. The zero-order valence-corrected chi connectivity index (χ0v) is 19.0. The molecule has 2 N–H and O–H groups in total. The van der Waals surface area contributed by atoms with E-state index in [-0.39, 0.29) is 12.5 Å². The summed E-state index contributed by atoms with van der Waals surface area (Å²) in [6.07, 6.45) is 6.70. The minimum absolute atomic E-state index is 0.126. The van der Waals surface area contributed by atoms with Gasteiger partial charge in [0, 0.05) is 10.6 Å². The van der Waals surface area contributed by atoms with Gasteiger partial charge in [0.25, 0.3) is 11.8 Å². The lowest BCUT2D eigenvalue weighted by molar-refractivity contribution is -0.123. The first-order chi connectivity index (χ1) is 15.3. The molecule has 0 aliphatic heterocycles. The fourth-order valence-corrected chi connectivity index (χ4v) is 2.93. The molecule has 0 fully saturated rings. The number of benzene rings is 2. The summed E-state index contributed by atoms with van der Waals surface area (Å²) < 4.78 is 11.0. The zero-order valence-electron chi connectivity index (χ0n) is 18.2. The molecule has 168 valence electrons. The fourth-order valence-electron chi connectivity index (χ4n) is 2.74. The molecule has 0 saturated heterocycles. The van der Waals surface area contributed by atoms with Crippen LogP contribution >= 0.6 is 11.6 Å². The molecule has 7 nitrogen and oxygen atoms in total. The molecule has 2 aromatic rings. The lowest BCUT2D eigenvalue weighted by atomic mass is 10.0. The number of carbonyl (C=O) groups is 2. The number of hydrogen-bond donors (Lipinski definition) is 2. The Morgan fingerprint density at radius 3 is 2.62 bits per heavy atom. The highest BCUT2D eigenvalue weighted by Crippen LogP contribution is 2.28. The van der Waals surface area contributed by atoms with Crippen LogP contribution in [0.3, 0.4) is 0 Å². The van der Waals surface area contributed by atoms with Crippen LogP contribution < -0.4 is 20.2 Å². The summed E-state index contributed by atoms with van der Waals surface area (Å²) in [6.45, 7) is 6.09. The summed E-state index contributed by atoms with van der Waals surface area (Å²) in [5.41, 5.74) is 3.53. The van der Waals surface area contributed by atoms with E-state index in [0.717, 1.165) is 0 Å². The fraction of sp³-hybridized carbons (Fsp3) is 0.292. The normalized spacial score (nSPS) is 11.6. The molecule has 0 aliphatic carbocycles. The largest absolute Gasteiger partial charge is 0.490 e. The van der Waals surface area contributed by atoms with E-state index < -0.39 is 17.9 Å². The number of amides is 2. The van der Waals surface area contributed by atoms with Gasteiger partial charge in [-0.15, -0.1) is 6.42 Å². The number of terminal acetylenes is 1. The van der Waals surface area contributed by atoms with E-state index in [0.29, 0.717) is 34.3 Å². The van der Waals surface area contributed by atoms with Crippen LogP contribution in [0.1, 0.15) is 36.7 Å². The Kier molecular flexibility index (Phi) is 9.58. The van der Waals surface area contributed by atoms with Crippen LogP contribution in [0.2, 0.25) is 5.02 Å². The Bertz CT molecular complexity index is 1010. The van der Waals surface area contributed by atoms with Gasteiger partial charge in [0.1, 0.15) is 12.6 Å². The first-order valence-corrected chi connectivity index (χ1v) is 10.5. The molecule has 2 amide bonds. The third-order valence-electron chi connectivity index (χ3n) is 4.29. The van der Waals surface area contributed by atoms with Gasteiger partial charge >= 0.3 is 0 Å². The van der Waals surface area contributed by atoms with Crippen LogP contribution in [0.5, 0.6) is 11.5 Å². The standard InChI is InChI=1S/C24H26ClN3O4/c1-5-12-32-20-11-10-17(13-21(20)31-6-2)15-26-28-24(30)22(16(3)4)27-23(29)18-8-7-9-19(25)14-18/h1,7-11,13-16,22H,6,12H2,2-4H3,(H,27,29)(H,28,30). The second-order valence-corrected chi connectivity index (χ2v) is 7.51. The maximum Gasteiger partial charge on any atom is 0.262 e. The van der Waals surface area contributed by atoms with Crippen molar-refractivity contribution >= 4 is 29.6 Å². The Hall–Kier alpha value is -3.50. The van der Waals surface area contributed by atoms with E-state index in [1.54, 1.807) is 36.4 Å². The number of rotatable bonds is 10. The van der Waals surface area contributed by atoms with Crippen molar-refractivity contribution in [2.75, 3.05) is 13.2 Å². The summed E-state index contributed by atoms with van der Waals surface area (Å²) in [5.74, 6) is 2.45. The second kappa shape index (κ2) is 12.4. The van der Waals surface area contributed by atoms with Crippen molar-refractivity contribution in [1.82, 2.24) is 10.7 Å². The molecular formula is C24H26ClN3O4. The predicted octanol–water partition coefficient (Wildman–Crippen LogP) is 3.66. The Labute approximate surface area is 193 Å². The van der Waals surface area contributed by atoms with Crippen LogP contribution in [0, 0.1) is 18.3 Å². The van der Waals surface area contributed by atoms with Gasteiger partial charge in [0.05, 0.1) is 12.8 Å². The van der Waals surface area contributed by atoms with Crippen molar-refractivity contribution in [3.05, 3.63) is 58.6 Å². The van der Waals surface area contributed by atoms with E-state index >= 15 is 0 Å². The van der Waals surface area contributed by atoms with Gasteiger partial charge < -0.3 is 14.8 Å². The van der Waals surface area contributed by atoms with E-state index in [4.69, 9.17) is 27.5 Å². The van der Waals surface area contributed by atoms with Crippen molar-refractivity contribution in [2.45, 2.75) is 26.8 Å². The van der Waals surface area contributed by atoms with Gasteiger partial charge in [-0.05, 0) is 54.8 Å². The van der Waals surface area contributed by atoms with E-state index in [1.807, 2.05) is 20.8 Å². The molecule has 0 saturated carbocycles. The molecule has 0 heterocycles. The number of halogens is 1. The smallest absolute Gasteiger partial charge is 0.262 e. The predicted molar refractivity (Wildman–Crippen MR) is 125 cm³/mol. The number of hydrazone groups is 1. The minimum Gasteiger partial charge on any atom is -0.490 e. The molecule has 1 atom stereocenters. The molecule has 0 spiro atoms. The summed E-state index contributed by atoms with van der Waals surface area (Å²) >= 11 is 5.94. The highest BCUT2D eigenvalue weighted by Gasteiger charge is 2.24. The molecule has 2 aromatic carbocycles. The first-order valence-electron chi connectivity index (χ1n) is 10.1. The summed E-state index contributed by atoms with van der Waals surface area (Å²) in [4.78, 5) is 25.1. The molecule has 1 unspecified atom stereocenters. The first kappa shape index (κ1) is 24.8. The molecule has 8 heteroatoms. The third kappa shape index (κ3) is 7.33. The molecular weight excluding hydrogens is 430 g/mol. The maximum absolute atomic E-state index is 12.6. The number of nitrogens with zero attached hydrogens (tertiary/aromatic N) is 1. The second-order valence-electron chi connectivity index (χ2n) is 7.07. The zero-order chi connectivity index (χ0) is 23.5. The third-order valence-corrected chi connectivity index (χ3v) is 4.52. The summed E-state index contributed by atoms with van der Waals surface area (Å²) in [6, 6.07) is 10.9. The molecule has 0 bridgehead atoms. The van der Waals surface area contributed by atoms with Gasteiger partial charge in [0.2, 0.25) is 0 Å². The van der Waals surface area contributed by atoms with Crippen LogP contribution in [0.4, 0.5) is 0 Å². The highest BCUT2D eigenvalue weighted by atomic mass is 35.5. The monoisotopic (exact) mass is 455 g/mol. The quantitative estimate of drug-likeness (QED) is 0.325. The summed E-state index contributed by atoms with van der Waals surface area (Å²) in [5, 5.41) is 7.17. The van der Waals surface area contributed by atoms with Gasteiger partial charge in [-0.3, -0.25) is 9.59 Å². The van der Waals surface area contributed by atoms with Crippen LogP contribution in [-0.2, 0) is 4.79 Å². The van der Waals surface area contributed by atoms with Crippen molar-refractivity contribution in [3.8, 4) is 23.8 Å². The van der Waals surface area contributed by atoms with Gasteiger partial charge in [-0.25, -0.2) is 5.43 Å². The SMILES string of the molecule is C#CCOc1ccc(C=NNC(=O)C(NC(=O)c2cccc(Cl)c2)C(C)C)cc1OCC. The van der Waals surface area contributed by atoms with Gasteiger partial charge in [0.15, 0.2) is 11.5 Å². The lowest BCUT2D eigenvalue weighted by Crippen LogP contribution is -2.48. The number of nitrogens with one attached hydrogen (secondary N) is 2. The lowest BCUT2D eigenvalue weighted by Gasteiger charge is -2.20. The molecule has 32 heavy (non-hydrogen) atoms. The topological polar surface area (TPSA) is 89.0 Å². The van der Waals surface area contributed by atoms with E-state index in [1.165, 1.54) is 12.3 Å². The average molecular weight is 456 g/mol. The Morgan fingerprint density at radius 2 is 1.97 bits per heavy atom. The van der Waals surface area contributed by atoms with Gasteiger partial charge in [-0.1, -0.05) is 37.4 Å². The van der Waals surface area contributed by atoms with E-state index in [9.17, 15) is 9.59 Å². The molecule has 0 radical (unpaired) electrons. The average Bonchev–Trinajstić information content (AvgIpc) is 2.76. The summed E-state index contributed by atoms with van der Waals surface area (Å²) in [7, 11) is 0. The van der Waals surface area contributed by atoms with Crippen LogP contribution in [0.25, 0.3) is 0 Å². The van der Waals surface area contributed by atoms with Crippen molar-refractivity contribution in [1.29, 1.82) is 0 Å². The highest BCUT2D eigenvalue weighted by molar-refractivity contribution is 6.31. The van der Waals surface area contributed by atoms with Gasteiger partial charge in [-0.2, -0.15) is 5.10 Å². The molecule has 0 aliphatic rings. The van der Waals surface area contributed by atoms with Crippen LogP contribution in [-0.4, -0.2) is 37.3 Å². The van der Waals surface area contributed by atoms with Crippen LogP contribution in [0.15, 0.2) is 47.6 Å². The maximum atomic E-state index is 12.6. The van der Waals surface area contributed by atoms with E-state index in [2.05, 4.69) is 21.8 Å². The minimum atomic E-state index is -0.780. The molecule has 0 aromatic heterocycles. The number of carbonyl (C=O) groups excluding carboxylic acids is 2. The Morgan fingerprint density at radius 1 is 1.19 bits per heavy atom. The molecule has 2 rings (SSSR count). The number of hydrogen-bond acceptors (Lipinski definition) is 5. The van der Waals surface area contributed by atoms with Crippen molar-refractivity contribution in [2.24, 2.45) is 11.0 Å². The van der Waals surface area contributed by atoms with Crippen molar-refractivity contribution < 1.29 is 19.1 Å². The van der Waals surface area contributed by atoms with Crippen molar-refractivity contribution in [3.63, 3.8) is 0 Å². The Balaban J connectivity index is 2.05.